The van der Waals surface area contributed by atoms with Crippen LogP contribution in [0.2, 0.25) is 0 Å². The summed E-state index contributed by atoms with van der Waals surface area (Å²) in [4.78, 5) is 13.7. The van der Waals surface area contributed by atoms with Gasteiger partial charge < -0.3 is 14.7 Å². The second-order valence-corrected chi connectivity index (χ2v) is 5.21. The van der Waals surface area contributed by atoms with Crippen molar-refractivity contribution in [2.75, 3.05) is 20.3 Å². The molecular weight excluding hydrogens is 280 g/mol. The molecule has 116 valence electrons. The average Bonchev–Trinajstić information content (AvgIpc) is 2.91. The minimum absolute atomic E-state index is 0.0767. The molecule has 0 spiro atoms. The molecule has 1 aliphatic rings. The van der Waals surface area contributed by atoms with E-state index in [1.807, 2.05) is 0 Å². The molecule has 1 amide bonds. The Morgan fingerprint density at radius 3 is 2.90 bits per heavy atom. The van der Waals surface area contributed by atoms with Crippen molar-refractivity contribution < 1.29 is 23.4 Å². The van der Waals surface area contributed by atoms with Crippen LogP contribution in [-0.2, 0) is 16.0 Å². The number of halogens is 2. The number of hydrogen-bond donors (Lipinski definition) is 1. The summed E-state index contributed by atoms with van der Waals surface area (Å²) in [6.45, 7) is 0.298. The highest BCUT2D eigenvalue weighted by atomic mass is 19.1. The first kappa shape index (κ1) is 15.9. The third kappa shape index (κ3) is 3.77. The van der Waals surface area contributed by atoms with Gasteiger partial charge in [-0.3, -0.25) is 4.79 Å². The number of amides is 1. The zero-order chi connectivity index (χ0) is 15.4. The molecule has 2 atom stereocenters. The molecule has 0 saturated carbocycles. The van der Waals surface area contributed by atoms with Crippen LogP contribution in [0.1, 0.15) is 18.4 Å². The van der Waals surface area contributed by atoms with Gasteiger partial charge >= 0.3 is 0 Å². The lowest BCUT2D eigenvalue weighted by molar-refractivity contribution is -0.133. The second kappa shape index (κ2) is 6.95. The van der Waals surface area contributed by atoms with Gasteiger partial charge in [0.1, 0.15) is 11.6 Å². The Bertz CT molecular complexity index is 510. The molecule has 0 aromatic heterocycles. The highest BCUT2D eigenvalue weighted by Gasteiger charge is 2.34. The SMILES string of the molecule is CO[C@@H]1C[C@@H](CO)N(C(=O)CCc2cc(F)ccc2F)C1. The van der Waals surface area contributed by atoms with E-state index < -0.39 is 11.6 Å². The Morgan fingerprint density at radius 1 is 1.48 bits per heavy atom. The first-order valence-electron chi connectivity index (χ1n) is 6.92. The fourth-order valence-electron chi connectivity index (χ4n) is 2.64. The molecule has 1 N–H and O–H groups in total. The van der Waals surface area contributed by atoms with Crippen LogP contribution < -0.4 is 0 Å². The maximum absolute atomic E-state index is 13.5. The standard InChI is InChI=1S/C15H19F2NO3/c1-21-13-7-12(9-19)18(8-13)15(20)5-2-10-6-11(16)3-4-14(10)17/h3-4,6,12-13,19H,2,5,7-9H2,1H3/t12-,13+/m0/s1. The molecule has 1 fully saturated rings. The smallest absolute Gasteiger partial charge is 0.223 e. The largest absolute Gasteiger partial charge is 0.394 e. The number of rotatable bonds is 5. The molecule has 1 aromatic carbocycles. The van der Waals surface area contributed by atoms with Crippen molar-refractivity contribution in [1.82, 2.24) is 4.90 Å². The molecular formula is C15H19F2NO3. The van der Waals surface area contributed by atoms with Crippen LogP contribution in [0.25, 0.3) is 0 Å². The van der Waals surface area contributed by atoms with Gasteiger partial charge in [-0.2, -0.15) is 0 Å². The number of carbonyl (C=O) groups excluding carboxylic acids is 1. The van der Waals surface area contributed by atoms with Gasteiger partial charge in [0.25, 0.3) is 0 Å². The van der Waals surface area contributed by atoms with Gasteiger partial charge in [-0.05, 0) is 36.6 Å². The van der Waals surface area contributed by atoms with Gasteiger partial charge in [-0.25, -0.2) is 8.78 Å². The fourth-order valence-corrected chi connectivity index (χ4v) is 2.64. The van der Waals surface area contributed by atoms with Crippen molar-refractivity contribution in [2.24, 2.45) is 0 Å². The molecule has 1 aromatic rings. The van der Waals surface area contributed by atoms with Crippen molar-refractivity contribution in [3.05, 3.63) is 35.4 Å². The zero-order valence-corrected chi connectivity index (χ0v) is 11.9. The summed E-state index contributed by atoms with van der Waals surface area (Å²) in [5.41, 5.74) is 0.186. The van der Waals surface area contributed by atoms with Crippen LogP contribution >= 0.6 is 0 Å². The number of aliphatic hydroxyl groups is 1. The molecule has 0 unspecified atom stereocenters. The molecule has 0 aliphatic carbocycles. The quantitative estimate of drug-likeness (QED) is 0.896. The summed E-state index contributed by atoms with van der Waals surface area (Å²) >= 11 is 0. The van der Waals surface area contributed by atoms with Crippen LogP contribution in [0.5, 0.6) is 0 Å². The number of methoxy groups -OCH3 is 1. The fraction of sp³-hybridized carbons (Fsp3) is 0.533. The van der Waals surface area contributed by atoms with E-state index in [-0.39, 0.29) is 43.1 Å². The Kier molecular flexibility index (Phi) is 5.25. The molecule has 21 heavy (non-hydrogen) atoms. The molecule has 0 bridgehead atoms. The van der Waals surface area contributed by atoms with Crippen LogP contribution in [0.15, 0.2) is 18.2 Å². The third-order valence-electron chi connectivity index (χ3n) is 3.86. The van der Waals surface area contributed by atoms with Gasteiger partial charge in [-0.1, -0.05) is 0 Å². The maximum Gasteiger partial charge on any atom is 0.223 e. The third-order valence-corrected chi connectivity index (χ3v) is 3.86. The normalized spacial score (nSPS) is 21.8. The van der Waals surface area contributed by atoms with E-state index in [0.717, 1.165) is 18.2 Å². The van der Waals surface area contributed by atoms with Gasteiger partial charge in [0.2, 0.25) is 5.91 Å². The monoisotopic (exact) mass is 299 g/mol. The number of hydrogen-bond acceptors (Lipinski definition) is 3. The molecule has 1 saturated heterocycles. The Balaban J connectivity index is 1.96. The number of carbonyl (C=O) groups is 1. The molecule has 0 radical (unpaired) electrons. The topological polar surface area (TPSA) is 49.8 Å². The number of ether oxygens (including phenoxy) is 1. The van der Waals surface area contributed by atoms with Gasteiger partial charge in [-0.15, -0.1) is 0 Å². The van der Waals surface area contributed by atoms with Crippen molar-refractivity contribution in [2.45, 2.75) is 31.4 Å². The summed E-state index contributed by atoms with van der Waals surface area (Å²) in [7, 11) is 1.56. The Labute approximate surface area is 122 Å². The minimum Gasteiger partial charge on any atom is -0.394 e. The lowest BCUT2D eigenvalue weighted by Gasteiger charge is -2.22. The molecule has 1 aliphatic heterocycles. The van der Waals surface area contributed by atoms with Crippen LogP contribution in [-0.4, -0.2) is 48.3 Å². The molecule has 6 heteroatoms. The number of likely N-dealkylation sites (tertiary alicyclic amines) is 1. The van der Waals surface area contributed by atoms with E-state index in [0.29, 0.717) is 13.0 Å². The predicted molar refractivity (Wildman–Crippen MR) is 72.7 cm³/mol. The predicted octanol–water partition coefficient (Wildman–Crippen LogP) is 1.51. The average molecular weight is 299 g/mol. The molecule has 2 rings (SSSR count). The summed E-state index contributed by atoms with van der Waals surface area (Å²) < 4.78 is 31.8. The van der Waals surface area contributed by atoms with E-state index in [1.54, 1.807) is 12.0 Å². The minimum atomic E-state index is -0.521. The second-order valence-electron chi connectivity index (χ2n) is 5.21. The van der Waals surface area contributed by atoms with E-state index in [9.17, 15) is 18.7 Å². The number of aryl methyl sites for hydroxylation is 1. The first-order chi connectivity index (χ1) is 10.0. The van der Waals surface area contributed by atoms with E-state index in [2.05, 4.69) is 0 Å². The van der Waals surface area contributed by atoms with Crippen molar-refractivity contribution in [3.63, 3.8) is 0 Å². The van der Waals surface area contributed by atoms with E-state index in [4.69, 9.17) is 4.74 Å². The van der Waals surface area contributed by atoms with Crippen molar-refractivity contribution in [1.29, 1.82) is 0 Å². The summed E-state index contributed by atoms with van der Waals surface area (Å²) in [6, 6.07) is 2.95. The summed E-state index contributed by atoms with van der Waals surface area (Å²) in [5.74, 6) is -1.22. The summed E-state index contributed by atoms with van der Waals surface area (Å²) in [5, 5.41) is 9.31. The van der Waals surface area contributed by atoms with E-state index in [1.165, 1.54) is 0 Å². The highest BCUT2D eigenvalue weighted by molar-refractivity contribution is 5.77. The first-order valence-corrected chi connectivity index (χ1v) is 6.92. The highest BCUT2D eigenvalue weighted by Crippen LogP contribution is 2.21. The van der Waals surface area contributed by atoms with Crippen LogP contribution in [0.3, 0.4) is 0 Å². The van der Waals surface area contributed by atoms with E-state index >= 15 is 0 Å². The van der Waals surface area contributed by atoms with Crippen LogP contribution in [0.4, 0.5) is 8.78 Å². The molecule has 1 heterocycles. The lowest BCUT2D eigenvalue weighted by atomic mass is 10.1. The number of nitrogens with zero attached hydrogens (tertiary/aromatic N) is 1. The van der Waals surface area contributed by atoms with Gasteiger partial charge in [0.15, 0.2) is 0 Å². The molecule has 4 nitrogen and oxygen atoms in total. The Morgan fingerprint density at radius 2 is 2.24 bits per heavy atom. The van der Waals surface area contributed by atoms with Gasteiger partial charge in [0, 0.05) is 20.1 Å². The maximum atomic E-state index is 13.5. The van der Waals surface area contributed by atoms with Crippen molar-refractivity contribution >= 4 is 5.91 Å². The van der Waals surface area contributed by atoms with Crippen molar-refractivity contribution in [3.8, 4) is 0 Å². The lowest BCUT2D eigenvalue weighted by Crippen LogP contribution is -2.38. The zero-order valence-electron chi connectivity index (χ0n) is 11.9. The summed E-state index contributed by atoms with van der Waals surface area (Å²) in [6.07, 6.45) is 0.715. The number of benzene rings is 1. The Hall–Kier alpha value is -1.53. The van der Waals surface area contributed by atoms with Crippen LogP contribution in [0, 0.1) is 11.6 Å². The number of aliphatic hydroxyl groups excluding tert-OH is 1. The van der Waals surface area contributed by atoms with Gasteiger partial charge in [0.05, 0.1) is 18.8 Å².